The average Bonchev–Trinajstić information content (AvgIpc) is 2.81. The Balaban J connectivity index is 1.38. The predicted octanol–water partition coefficient (Wildman–Crippen LogP) is 6.44. The molecule has 1 heterocycles. The van der Waals surface area contributed by atoms with Gasteiger partial charge >= 0.3 is 0 Å². The molecule has 0 bridgehead atoms. The van der Waals surface area contributed by atoms with Crippen molar-refractivity contribution in [1.82, 2.24) is 10.4 Å². The van der Waals surface area contributed by atoms with E-state index >= 15 is 0 Å². The number of fused-ring (bicyclic) bond motifs is 1. The van der Waals surface area contributed by atoms with Crippen LogP contribution in [0.2, 0.25) is 0 Å². The molecule has 0 aliphatic heterocycles. The van der Waals surface area contributed by atoms with Gasteiger partial charge in [-0.25, -0.2) is 5.43 Å². The molecule has 4 aromatic rings. The summed E-state index contributed by atoms with van der Waals surface area (Å²) in [5.74, 6) is 0.576. The number of nitrogens with zero attached hydrogens (tertiary/aromatic N) is 2. The van der Waals surface area contributed by atoms with E-state index in [1.54, 1.807) is 11.8 Å². The number of amides is 1. The number of hydrogen-bond acceptors (Lipinski definition) is 4. The lowest BCUT2D eigenvalue weighted by Gasteiger charge is -2.07. The van der Waals surface area contributed by atoms with Gasteiger partial charge in [0.2, 0.25) is 0 Å². The molecule has 0 saturated heterocycles. The van der Waals surface area contributed by atoms with Crippen LogP contribution in [0.3, 0.4) is 0 Å². The largest absolute Gasteiger partial charge is 0.271 e. The number of nitrogens with one attached hydrogen (secondary N) is 1. The van der Waals surface area contributed by atoms with Gasteiger partial charge in [-0.05, 0) is 54.4 Å². The second kappa shape index (κ2) is 9.90. The molecule has 0 spiro atoms. The summed E-state index contributed by atoms with van der Waals surface area (Å²) in [4.78, 5) is 18.1. The number of benzene rings is 3. The van der Waals surface area contributed by atoms with Crippen LogP contribution >= 0.6 is 27.7 Å². The number of aromatic nitrogens is 1. The normalized spacial score (nSPS) is 11.5. The fraction of sp³-hybridized carbons (Fsp3) is 0.0800. The van der Waals surface area contributed by atoms with Crippen molar-refractivity contribution in [1.29, 1.82) is 0 Å². The van der Waals surface area contributed by atoms with E-state index in [2.05, 4.69) is 55.7 Å². The summed E-state index contributed by atoms with van der Waals surface area (Å²) in [6.45, 7) is 1.87. The van der Waals surface area contributed by atoms with Gasteiger partial charge in [-0.15, -0.1) is 11.8 Å². The van der Waals surface area contributed by atoms with Crippen LogP contribution in [0.15, 0.2) is 99.5 Å². The van der Waals surface area contributed by atoms with E-state index in [0.29, 0.717) is 5.56 Å². The molecular formula is C25H20BrN3OS. The van der Waals surface area contributed by atoms with E-state index < -0.39 is 0 Å². The molecule has 0 atom stereocenters. The molecule has 3 aromatic carbocycles. The minimum Gasteiger partial charge on any atom is -0.267 e. The summed E-state index contributed by atoms with van der Waals surface area (Å²) >= 11 is 5.16. The summed E-state index contributed by atoms with van der Waals surface area (Å²) in [7, 11) is 0. The number of pyridine rings is 1. The van der Waals surface area contributed by atoms with Gasteiger partial charge < -0.3 is 0 Å². The third kappa shape index (κ3) is 5.40. The molecule has 6 heteroatoms. The van der Waals surface area contributed by atoms with Crippen molar-refractivity contribution in [3.63, 3.8) is 0 Å². The highest BCUT2D eigenvalue weighted by Gasteiger charge is 2.07. The molecule has 1 N–H and O–H groups in total. The van der Waals surface area contributed by atoms with Gasteiger partial charge in [-0.2, -0.15) is 5.10 Å². The highest BCUT2D eigenvalue weighted by molar-refractivity contribution is 9.10. The van der Waals surface area contributed by atoms with Crippen molar-refractivity contribution < 1.29 is 4.79 Å². The first-order valence-electron chi connectivity index (χ1n) is 9.76. The zero-order chi connectivity index (χ0) is 21.6. The van der Waals surface area contributed by atoms with Crippen LogP contribution in [0.5, 0.6) is 0 Å². The maximum atomic E-state index is 12.4. The second-order valence-corrected chi connectivity index (χ2v) is 8.89. The fourth-order valence-corrected chi connectivity index (χ4v) is 4.32. The standard InChI is InChI=1S/C25H20BrN3OS/c1-17(19-11-13-22(26)14-12-19)28-29-25(30)21-9-7-18(8-10-21)16-31-23-6-2-4-20-5-3-15-27-24(20)23/h2-15H,16H2,1H3,(H,29,30)/b28-17-. The van der Waals surface area contributed by atoms with Gasteiger partial charge in [0.15, 0.2) is 0 Å². The third-order valence-corrected chi connectivity index (χ3v) is 6.44. The number of carbonyl (C=O) groups is 1. The van der Waals surface area contributed by atoms with Crippen LogP contribution in [0.4, 0.5) is 0 Å². The lowest BCUT2D eigenvalue weighted by Crippen LogP contribution is -2.19. The molecular weight excluding hydrogens is 470 g/mol. The summed E-state index contributed by atoms with van der Waals surface area (Å²) < 4.78 is 1.00. The Bertz CT molecular complexity index is 1230. The van der Waals surface area contributed by atoms with Crippen LogP contribution in [0.25, 0.3) is 10.9 Å². The molecule has 1 aromatic heterocycles. The maximum Gasteiger partial charge on any atom is 0.271 e. The number of carbonyl (C=O) groups excluding carboxylic acids is 1. The molecule has 4 rings (SSSR count). The quantitative estimate of drug-likeness (QED) is 0.192. The van der Waals surface area contributed by atoms with Crippen molar-refractivity contribution in [2.75, 3.05) is 0 Å². The topological polar surface area (TPSA) is 54.4 Å². The fourth-order valence-electron chi connectivity index (χ4n) is 3.06. The van der Waals surface area contributed by atoms with Crippen LogP contribution in [0.1, 0.15) is 28.4 Å². The molecule has 0 fully saturated rings. The van der Waals surface area contributed by atoms with E-state index in [1.807, 2.05) is 67.7 Å². The van der Waals surface area contributed by atoms with Gasteiger partial charge in [0, 0.05) is 32.3 Å². The summed E-state index contributed by atoms with van der Waals surface area (Å²) in [6.07, 6.45) is 1.82. The minimum atomic E-state index is -0.228. The van der Waals surface area contributed by atoms with E-state index in [9.17, 15) is 4.79 Å². The number of para-hydroxylation sites is 1. The minimum absolute atomic E-state index is 0.228. The third-order valence-electron chi connectivity index (χ3n) is 4.79. The molecule has 31 heavy (non-hydrogen) atoms. The van der Waals surface area contributed by atoms with Gasteiger partial charge in [0.25, 0.3) is 5.91 Å². The van der Waals surface area contributed by atoms with Crippen LogP contribution in [0, 0.1) is 0 Å². The molecule has 4 nitrogen and oxygen atoms in total. The molecule has 154 valence electrons. The smallest absolute Gasteiger partial charge is 0.267 e. The lowest BCUT2D eigenvalue weighted by molar-refractivity contribution is 0.0955. The number of thioether (sulfide) groups is 1. The Labute approximate surface area is 193 Å². The number of hydrazone groups is 1. The number of halogens is 1. The SMILES string of the molecule is C/C(=N/NC(=O)c1ccc(CSc2cccc3cccnc23)cc1)c1ccc(Br)cc1. The van der Waals surface area contributed by atoms with Crippen molar-refractivity contribution >= 4 is 50.2 Å². The Hall–Kier alpha value is -2.96. The van der Waals surface area contributed by atoms with Gasteiger partial charge in [0.05, 0.1) is 11.2 Å². The molecule has 0 aliphatic rings. The van der Waals surface area contributed by atoms with E-state index in [1.165, 1.54) is 0 Å². The molecule has 0 aliphatic carbocycles. The van der Waals surface area contributed by atoms with Gasteiger partial charge in [0.1, 0.15) is 0 Å². The highest BCUT2D eigenvalue weighted by atomic mass is 79.9. The Morgan fingerprint density at radius 1 is 0.968 bits per heavy atom. The van der Waals surface area contributed by atoms with Gasteiger partial charge in [-0.3, -0.25) is 9.78 Å². The van der Waals surface area contributed by atoms with Crippen molar-refractivity contribution in [3.8, 4) is 0 Å². The highest BCUT2D eigenvalue weighted by Crippen LogP contribution is 2.28. The van der Waals surface area contributed by atoms with Crippen molar-refractivity contribution in [3.05, 3.63) is 106 Å². The number of rotatable bonds is 6. The first-order chi connectivity index (χ1) is 15.1. The summed E-state index contributed by atoms with van der Waals surface area (Å²) in [5, 5.41) is 5.36. The lowest BCUT2D eigenvalue weighted by atomic mass is 10.1. The van der Waals surface area contributed by atoms with Crippen LogP contribution in [-0.2, 0) is 5.75 Å². The molecule has 0 unspecified atom stereocenters. The molecule has 1 amide bonds. The van der Waals surface area contributed by atoms with E-state index in [0.717, 1.165) is 42.9 Å². The summed E-state index contributed by atoms with van der Waals surface area (Å²) in [5.41, 5.74) is 7.08. The maximum absolute atomic E-state index is 12.4. The zero-order valence-electron chi connectivity index (χ0n) is 16.9. The van der Waals surface area contributed by atoms with Crippen molar-refractivity contribution in [2.24, 2.45) is 5.10 Å². The molecule has 0 radical (unpaired) electrons. The van der Waals surface area contributed by atoms with Gasteiger partial charge in [-0.1, -0.05) is 58.4 Å². The monoisotopic (exact) mass is 489 g/mol. The molecule has 0 saturated carbocycles. The Morgan fingerprint density at radius 3 is 2.45 bits per heavy atom. The first-order valence-corrected chi connectivity index (χ1v) is 11.5. The average molecular weight is 490 g/mol. The van der Waals surface area contributed by atoms with E-state index in [4.69, 9.17) is 0 Å². The second-order valence-electron chi connectivity index (χ2n) is 6.96. The van der Waals surface area contributed by atoms with Crippen LogP contribution < -0.4 is 5.43 Å². The first kappa shape index (κ1) is 21.3. The van der Waals surface area contributed by atoms with Crippen LogP contribution in [-0.4, -0.2) is 16.6 Å². The predicted molar refractivity (Wildman–Crippen MR) is 132 cm³/mol. The Kier molecular flexibility index (Phi) is 6.79. The Morgan fingerprint density at radius 2 is 1.68 bits per heavy atom. The van der Waals surface area contributed by atoms with Crippen molar-refractivity contribution in [2.45, 2.75) is 17.6 Å². The number of hydrogen-bond donors (Lipinski definition) is 1. The van der Waals surface area contributed by atoms with E-state index in [-0.39, 0.29) is 5.91 Å². The summed E-state index contributed by atoms with van der Waals surface area (Å²) in [6, 6.07) is 25.6. The zero-order valence-corrected chi connectivity index (χ0v) is 19.3.